The Morgan fingerprint density at radius 1 is 1.19 bits per heavy atom. The molecule has 192 valence electrons. The number of likely N-dealkylation sites (tertiary alicyclic amines) is 1. The molecule has 0 aliphatic carbocycles. The molecule has 36 heavy (non-hydrogen) atoms. The second kappa shape index (κ2) is 9.89. The highest BCUT2D eigenvalue weighted by Crippen LogP contribution is 2.36. The predicted molar refractivity (Wildman–Crippen MR) is 130 cm³/mol. The Hall–Kier alpha value is -2.85. The van der Waals surface area contributed by atoms with Crippen molar-refractivity contribution in [2.45, 2.75) is 42.5 Å². The van der Waals surface area contributed by atoms with E-state index >= 15 is 0 Å². The lowest BCUT2D eigenvalue weighted by molar-refractivity contribution is -0.137. The lowest BCUT2D eigenvalue weighted by atomic mass is 9.91. The van der Waals surface area contributed by atoms with Crippen LogP contribution in [0.2, 0.25) is 5.02 Å². The van der Waals surface area contributed by atoms with E-state index in [1.807, 2.05) is 0 Å². The Kier molecular flexibility index (Phi) is 7.21. The van der Waals surface area contributed by atoms with Gasteiger partial charge in [0.1, 0.15) is 11.3 Å². The Labute approximate surface area is 211 Å². The molecule has 2 heterocycles. The van der Waals surface area contributed by atoms with Gasteiger partial charge in [-0.2, -0.15) is 13.2 Å². The zero-order valence-electron chi connectivity index (χ0n) is 19.3. The van der Waals surface area contributed by atoms with Gasteiger partial charge in [0.25, 0.3) is 5.91 Å². The highest BCUT2D eigenvalue weighted by Gasteiger charge is 2.38. The molecule has 1 aliphatic heterocycles. The summed E-state index contributed by atoms with van der Waals surface area (Å²) in [6, 6.07) is 8.55. The van der Waals surface area contributed by atoms with E-state index in [-0.39, 0.29) is 41.6 Å². The molecule has 1 atom stereocenters. The zero-order chi connectivity index (χ0) is 26.3. The number of carbonyl (C=O) groups excluding carboxylic acids is 1. The minimum Gasteiger partial charge on any atom is -0.506 e. The van der Waals surface area contributed by atoms with Gasteiger partial charge in [-0.15, -0.1) is 0 Å². The number of amides is 1. The first-order valence-corrected chi connectivity index (χ1v) is 13.3. The number of carbonyl (C=O) groups is 1. The molecule has 1 saturated heterocycles. The van der Waals surface area contributed by atoms with E-state index < -0.39 is 32.7 Å². The van der Waals surface area contributed by atoms with Crippen molar-refractivity contribution in [3.63, 3.8) is 0 Å². The third kappa shape index (κ3) is 5.01. The van der Waals surface area contributed by atoms with Crippen molar-refractivity contribution in [2.24, 2.45) is 5.92 Å². The second-order valence-electron chi connectivity index (χ2n) is 8.83. The van der Waals surface area contributed by atoms with E-state index in [1.165, 1.54) is 17.2 Å². The maximum absolute atomic E-state index is 13.3. The van der Waals surface area contributed by atoms with E-state index in [0.29, 0.717) is 34.8 Å². The molecule has 0 spiro atoms. The summed E-state index contributed by atoms with van der Waals surface area (Å²) in [6.45, 7) is 2.19. The van der Waals surface area contributed by atoms with Crippen molar-refractivity contribution >= 4 is 38.2 Å². The van der Waals surface area contributed by atoms with E-state index in [9.17, 15) is 31.5 Å². The zero-order valence-corrected chi connectivity index (χ0v) is 20.9. The van der Waals surface area contributed by atoms with Crippen molar-refractivity contribution in [1.82, 2.24) is 9.88 Å². The summed E-state index contributed by atoms with van der Waals surface area (Å²) < 4.78 is 65.9. The highest BCUT2D eigenvalue weighted by molar-refractivity contribution is 7.92. The molecular formula is C25H24ClF3N2O4S. The molecule has 1 unspecified atom stereocenters. The standard InChI is InChI=1S/C25H24ClF3N2O4S/c1-2-22(36(34,35)18-5-3-4-16(12-18)25(27,28)29)15-8-10-31(11-9-15)24(33)20-14-30-21-13-17(26)6-7-19(21)23(20)32/h3-7,12-15,22H,2,8-11H2,1H3,(H,30,32). The highest BCUT2D eigenvalue weighted by atomic mass is 35.5. The number of fused-ring (bicyclic) bond motifs is 1. The fraction of sp³-hybridized carbons (Fsp3) is 0.360. The van der Waals surface area contributed by atoms with Crippen LogP contribution in [0.5, 0.6) is 5.75 Å². The van der Waals surface area contributed by atoms with Crippen LogP contribution in [0.15, 0.2) is 53.6 Å². The number of aromatic nitrogens is 1. The molecular weight excluding hydrogens is 517 g/mol. The van der Waals surface area contributed by atoms with Crippen LogP contribution in [0.25, 0.3) is 10.9 Å². The molecule has 0 saturated carbocycles. The van der Waals surface area contributed by atoms with Crippen LogP contribution in [-0.2, 0) is 16.0 Å². The molecule has 4 rings (SSSR count). The van der Waals surface area contributed by atoms with Gasteiger partial charge in [0.15, 0.2) is 9.84 Å². The number of rotatable bonds is 5. The van der Waals surface area contributed by atoms with Crippen LogP contribution >= 0.6 is 11.6 Å². The molecule has 2 aromatic carbocycles. The van der Waals surface area contributed by atoms with Gasteiger partial charge in [0, 0.05) is 29.7 Å². The number of halogens is 4. The summed E-state index contributed by atoms with van der Waals surface area (Å²) in [5.41, 5.74) is -0.530. The molecule has 1 aromatic heterocycles. The average Bonchev–Trinajstić information content (AvgIpc) is 2.84. The third-order valence-electron chi connectivity index (χ3n) is 6.68. The Bertz CT molecular complexity index is 1400. The van der Waals surface area contributed by atoms with E-state index in [2.05, 4.69) is 4.98 Å². The van der Waals surface area contributed by atoms with Gasteiger partial charge in [-0.1, -0.05) is 24.6 Å². The fourth-order valence-electron chi connectivity index (χ4n) is 4.78. The van der Waals surface area contributed by atoms with Crippen molar-refractivity contribution in [3.8, 4) is 5.75 Å². The summed E-state index contributed by atoms with van der Waals surface area (Å²) in [5, 5.41) is 10.6. The smallest absolute Gasteiger partial charge is 0.416 e. The van der Waals surface area contributed by atoms with Crippen LogP contribution in [0.3, 0.4) is 0 Å². The fourth-order valence-corrected chi connectivity index (χ4v) is 7.08. The second-order valence-corrected chi connectivity index (χ2v) is 11.4. The van der Waals surface area contributed by atoms with E-state index in [4.69, 9.17) is 11.6 Å². The molecule has 6 nitrogen and oxygen atoms in total. The minimum absolute atomic E-state index is 0.0342. The Morgan fingerprint density at radius 3 is 2.53 bits per heavy atom. The normalized spacial score (nSPS) is 16.3. The third-order valence-corrected chi connectivity index (χ3v) is 9.34. The van der Waals surface area contributed by atoms with Gasteiger partial charge in [-0.25, -0.2) is 8.42 Å². The van der Waals surface area contributed by atoms with Gasteiger partial charge in [-0.05, 0) is 61.6 Å². The molecule has 0 radical (unpaired) electrons. The molecule has 1 aliphatic rings. The van der Waals surface area contributed by atoms with Crippen LogP contribution in [0, 0.1) is 5.92 Å². The van der Waals surface area contributed by atoms with E-state index in [1.54, 1.807) is 25.1 Å². The lowest BCUT2D eigenvalue weighted by Gasteiger charge is -2.35. The van der Waals surface area contributed by atoms with E-state index in [0.717, 1.165) is 12.1 Å². The van der Waals surface area contributed by atoms with Crippen LogP contribution in [-0.4, -0.2) is 47.7 Å². The first-order chi connectivity index (χ1) is 16.9. The quantitative estimate of drug-likeness (QED) is 0.447. The predicted octanol–water partition coefficient (Wildman–Crippen LogP) is 5.72. The number of nitrogens with zero attached hydrogens (tertiary/aromatic N) is 2. The number of hydrogen-bond acceptors (Lipinski definition) is 5. The van der Waals surface area contributed by atoms with Crippen LogP contribution in [0.1, 0.15) is 42.1 Å². The number of hydrogen-bond donors (Lipinski definition) is 1. The van der Waals surface area contributed by atoms with Crippen molar-refractivity contribution < 1.29 is 31.5 Å². The Balaban J connectivity index is 1.51. The van der Waals surface area contributed by atoms with Gasteiger partial charge in [-0.3, -0.25) is 9.78 Å². The van der Waals surface area contributed by atoms with Crippen molar-refractivity contribution in [3.05, 3.63) is 64.8 Å². The van der Waals surface area contributed by atoms with Crippen molar-refractivity contribution in [2.75, 3.05) is 13.1 Å². The number of sulfone groups is 1. The van der Waals surface area contributed by atoms with Crippen molar-refractivity contribution in [1.29, 1.82) is 0 Å². The van der Waals surface area contributed by atoms with Crippen LogP contribution in [0.4, 0.5) is 13.2 Å². The van der Waals surface area contributed by atoms with Gasteiger partial charge >= 0.3 is 6.18 Å². The monoisotopic (exact) mass is 540 g/mol. The SMILES string of the molecule is CCC(C1CCN(C(=O)c2cnc3cc(Cl)ccc3c2O)CC1)S(=O)(=O)c1cccc(C(F)(F)F)c1. The minimum atomic E-state index is -4.64. The summed E-state index contributed by atoms with van der Waals surface area (Å²) in [4.78, 5) is 18.5. The maximum atomic E-state index is 13.3. The first kappa shape index (κ1) is 26.2. The Morgan fingerprint density at radius 2 is 1.89 bits per heavy atom. The lowest BCUT2D eigenvalue weighted by Crippen LogP contribution is -2.43. The number of pyridine rings is 1. The summed E-state index contributed by atoms with van der Waals surface area (Å²) in [6.07, 6.45) is -2.40. The summed E-state index contributed by atoms with van der Waals surface area (Å²) >= 11 is 5.96. The van der Waals surface area contributed by atoms with Crippen LogP contribution < -0.4 is 0 Å². The number of aromatic hydroxyl groups is 1. The molecule has 1 fully saturated rings. The summed E-state index contributed by atoms with van der Waals surface area (Å²) in [7, 11) is -4.02. The molecule has 1 N–H and O–H groups in total. The van der Waals surface area contributed by atoms with Gasteiger partial charge < -0.3 is 10.0 Å². The topological polar surface area (TPSA) is 87.6 Å². The molecule has 0 bridgehead atoms. The number of alkyl halides is 3. The molecule has 1 amide bonds. The maximum Gasteiger partial charge on any atom is 0.416 e. The molecule has 3 aromatic rings. The number of piperidine rings is 1. The van der Waals surface area contributed by atoms with Gasteiger partial charge in [0.2, 0.25) is 0 Å². The first-order valence-electron chi connectivity index (χ1n) is 11.4. The average molecular weight is 541 g/mol. The molecule has 11 heteroatoms. The number of benzene rings is 2. The summed E-state index contributed by atoms with van der Waals surface area (Å²) in [5.74, 6) is -0.963. The van der Waals surface area contributed by atoms with Gasteiger partial charge in [0.05, 0.1) is 21.2 Å². The largest absolute Gasteiger partial charge is 0.506 e.